The van der Waals surface area contributed by atoms with Crippen LogP contribution in [0, 0.1) is 11.3 Å². The van der Waals surface area contributed by atoms with Crippen LogP contribution in [0.4, 0.5) is 0 Å². The molecule has 0 unspecified atom stereocenters. The monoisotopic (exact) mass is 276 g/mol. The standard InChI is InChI=1S/C18H28O2/c1-14(2)8-6-11-17(19)15-9-7-10-16(12-15)20-13-18(3,4)5/h7,9-10,12,14H,6,8,11,13H2,1-5H3. The molecule has 0 atom stereocenters. The van der Waals surface area contributed by atoms with Crippen LogP contribution < -0.4 is 4.74 Å². The Balaban J connectivity index is 2.56. The molecule has 1 aromatic carbocycles. The number of ether oxygens (including phenoxy) is 1. The number of ketones is 1. The Hall–Kier alpha value is -1.31. The molecular formula is C18H28O2. The van der Waals surface area contributed by atoms with Crippen LogP contribution in [0.1, 0.15) is 64.2 Å². The molecule has 0 saturated carbocycles. The highest BCUT2D eigenvalue weighted by molar-refractivity contribution is 5.96. The second kappa shape index (κ2) is 7.47. The Bertz CT molecular complexity index is 427. The Kier molecular flexibility index (Phi) is 6.25. The van der Waals surface area contributed by atoms with Crippen LogP contribution in [0.2, 0.25) is 0 Å². The molecule has 0 aromatic heterocycles. The minimum atomic E-state index is 0.122. The first-order valence-electron chi connectivity index (χ1n) is 7.54. The first kappa shape index (κ1) is 16.7. The molecular weight excluding hydrogens is 248 g/mol. The number of Topliss-reactive ketones (excluding diaryl/α,β-unsaturated/α-hetero) is 1. The maximum atomic E-state index is 12.1. The molecule has 0 amide bonds. The van der Waals surface area contributed by atoms with Crippen LogP contribution in [0.25, 0.3) is 0 Å². The van der Waals surface area contributed by atoms with Gasteiger partial charge in [-0.3, -0.25) is 4.79 Å². The summed E-state index contributed by atoms with van der Waals surface area (Å²) in [6, 6.07) is 7.55. The lowest BCUT2D eigenvalue weighted by Crippen LogP contribution is -2.17. The SMILES string of the molecule is CC(C)CCCC(=O)c1cccc(OCC(C)(C)C)c1. The van der Waals surface area contributed by atoms with Crippen molar-refractivity contribution in [2.45, 2.75) is 53.9 Å². The second-order valence-electron chi connectivity index (χ2n) is 7.09. The third-order valence-corrected chi connectivity index (χ3v) is 3.01. The fourth-order valence-electron chi connectivity index (χ4n) is 1.87. The summed E-state index contributed by atoms with van der Waals surface area (Å²) in [4.78, 5) is 12.1. The summed E-state index contributed by atoms with van der Waals surface area (Å²) in [6.07, 6.45) is 2.69. The second-order valence-corrected chi connectivity index (χ2v) is 7.09. The van der Waals surface area contributed by atoms with Gasteiger partial charge in [-0.25, -0.2) is 0 Å². The van der Waals surface area contributed by atoms with Crippen LogP contribution in [0.15, 0.2) is 24.3 Å². The van der Waals surface area contributed by atoms with Crippen molar-refractivity contribution in [1.82, 2.24) is 0 Å². The van der Waals surface area contributed by atoms with Gasteiger partial charge < -0.3 is 4.74 Å². The van der Waals surface area contributed by atoms with E-state index in [4.69, 9.17) is 4.74 Å². The Morgan fingerprint density at radius 3 is 2.55 bits per heavy atom. The number of carbonyl (C=O) groups is 1. The summed E-state index contributed by atoms with van der Waals surface area (Å²) in [5.74, 6) is 1.66. The summed E-state index contributed by atoms with van der Waals surface area (Å²) in [7, 11) is 0. The Morgan fingerprint density at radius 2 is 1.95 bits per heavy atom. The van der Waals surface area contributed by atoms with E-state index in [1.165, 1.54) is 0 Å². The fourth-order valence-corrected chi connectivity index (χ4v) is 1.87. The average molecular weight is 276 g/mol. The van der Waals surface area contributed by atoms with Gasteiger partial charge in [0.05, 0.1) is 6.61 Å². The molecule has 0 N–H and O–H groups in total. The quantitative estimate of drug-likeness (QED) is 0.646. The molecule has 1 aromatic rings. The molecule has 0 heterocycles. The molecule has 1 rings (SSSR count). The average Bonchev–Trinajstić information content (AvgIpc) is 2.35. The smallest absolute Gasteiger partial charge is 0.163 e. The highest BCUT2D eigenvalue weighted by atomic mass is 16.5. The largest absolute Gasteiger partial charge is 0.493 e. The number of carbonyl (C=O) groups excluding carboxylic acids is 1. The summed E-state index contributed by atoms with van der Waals surface area (Å²) in [5, 5.41) is 0. The lowest BCUT2D eigenvalue weighted by molar-refractivity contribution is 0.0977. The summed E-state index contributed by atoms with van der Waals surface area (Å²) >= 11 is 0. The Labute approximate surface area is 123 Å². The van der Waals surface area contributed by atoms with E-state index in [2.05, 4.69) is 34.6 Å². The highest BCUT2D eigenvalue weighted by Gasteiger charge is 2.12. The predicted octanol–water partition coefficient (Wildman–Crippen LogP) is 5.12. The maximum Gasteiger partial charge on any atom is 0.163 e. The molecule has 2 nitrogen and oxygen atoms in total. The van der Waals surface area contributed by atoms with Crippen LogP contribution in [-0.2, 0) is 0 Å². The van der Waals surface area contributed by atoms with Gasteiger partial charge in [-0.2, -0.15) is 0 Å². The summed E-state index contributed by atoms with van der Waals surface area (Å²) in [5.41, 5.74) is 0.886. The minimum absolute atomic E-state index is 0.122. The van der Waals surface area contributed by atoms with Gasteiger partial charge in [0.1, 0.15) is 5.75 Å². The van der Waals surface area contributed by atoms with E-state index in [0.29, 0.717) is 18.9 Å². The third-order valence-electron chi connectivity index (χ3n) is 3.01. The van der Waals surface area contributed by atoms with Crippen LogP contribution in [0.5, 0.6) is 5.75 Å². The molecule has 112 valence electrons. The van der Waals surface area contributed by atoms with Crippen LogP contribution in [0.3, 0.4) is 0 Å². The van der Waals surface area contributed by atoms with Crippen molar-refractivity contribution in [3.63, 3.8) is 0 Å². The molecule has 0 aliphatic heterocycles. The zero-order valence-electron chi connectivity index (χ0n) is 13.5. The molecule has 0 fully saturated rings. The van der Waals surface area contributed by atoms with Gasteiger partial charge in [0, 0.05) is 12.0 Å². The van der Waals surface area contributed by atoms with Crippen molar-refractivity contribution >= 4 is 5.78 Å². The van der Waals surface area contributed by atoms with Crippen molar-refractivity contribution in [2.75, 3.05) is 6.61 Å². The van der Waals surface area contributed by atoms with Gasteiger partial charge in [-0.05, 0) is 29.9 Å². The van der Waals surface area contributed by atoms with Crippen molar-refractivity contribution in [1.29, 1.82) is 0 Å². The summed E-state index contributed by atoms with van der Waals surface area (Å²) in [6.45, 7) is 11.4. The first-order valence-corrected chi connectivity index (χ1v) is 7.54. The lowest BCUT2D eigenvalue weighted by Gasteiger charge is -2.19. The number of rotatable bonds is 7. The van der Waals surface area contributed by atoms with Gasteiger partial charge in [0.15, 0.2) is 5.78 Å². The molecule has 0 spiro atoms. The van der Waals surface area contributed by atoms with E-state index in [1.807, 2.05) is 24.3 Å². The molecule has 20 heavy (non-hydrogen) atoms. The van der Waals surface area contributed by atoms with E-state index >= 15 is 0 Å². The number of benzene rings is 1. The van der Waals surface area contributed by atoms with Gasteiger partial charge in [0.2, 0.25) is 0 Å². The van der Waals surface area contributed by atoms with Crippen molar-refractivity contribution in [3.05, 3.63) is 29.8 Å². The minimum Gasteiger partial charge on any atom is -0.493 e. The first-order chi connectivity index (χ1) is 9.28. The number of hydrogen-bond donors (Lipinski definition) is 0. The van der Waals surface area contributed by atoms with Crippen molar-refractivity contribution in [3.8, 4) is 5.75 Å². The van der Waals surface area contributed by atoms with E-state index in [1.54, 1.807) is 0 Å². The Morgan fingerprint density at radius 1 is 1.25 bits per heavy atom. The highest BCUT2D eigenvalue weighted by Crippen LogP contribution is 2.20. The van der Waals surface area contributed by atoms with Gasteiger partial charge in [-0.1, -0.05) is 53.2 Å². The van der Waals surface area contributed by atoms with E-state index in [9.17, 15) is 4.79 Å². The van der Waals surface area contributed by atoms with Crippen LogP contribution >= 0.6 is 0 Å². The molecule has 0 bridgehead atoms. The summed E-state index contributed by atoms with van der Waals surface area (Å²) < 4.78 is 5.75. The molecule has 0 aliphatic carbocycles. The number of hydrogen-bond acceptors (Lipinski definition) is 2. The van der Waals surface area contributed by atoms with Crippen molar-refractivity contribution < 1.29 is 9.53 Å². The maximum absolute atomic E-state index is 12.1. The third kappa shape index (κ3) is 6.74. The topological polar surface area (TPSA) is 26.3 Å². The fraction of sp³-hybridized carbons (Fsp3) is 0.611. The van der Waals surface area contributed by atoms with Gasteiger partial charge >= 0.3 is 0 Å². The molecule has 0 aliphatic rings. The predicted molar refractivity (Wildman–Crippen MR) is 84.4 cm³/mol. The zero-order chi connectivity index (χ0) is 15.2. The van der Waals surface area contributed by atoms with E-state index < -0.39 is 0 Å². The van der Waals surface area contributed by atoms with Gasteiger partial charge in [-0.15, -0.1) is 0 Å². The van der Waals surface area contributed by atoms with E-state index in [0.717, 1.165) is 24.2 Å². The van der Waals surface area contributed by atoms with Crippen LogP contribution in [-0.4, -0.2) is 12.4 Å². The zero-order valence-corrected chi connectivity index (χ0v) is 13.5. The van der Waals surface area contributed by atoms with Gasteiger partial charge in [0.25, 0.3) is 0 Å². The lowest BCUT2D eigenvalue weighted by atomic mass is 9.98. The van der Waals surface area contributed by atoms with E-state index in [-0.39, 0.29) is 11.2 Å². The molecule has 0 radical (unpaired) electrons. The molecule has 2 heteroatoms. The van der Waals surface area contributed by atoms with Crippen molar-refractivity contribution in [2.24, 2.45) is 11.3 Å². The normalized spacial score (nSPS) is 11.7. The molecule has 0 saturated heterocycles.